The number of rotatable bonds is 10. The van der Waals surface area contributed by atoms with Gasteiger partial charge in [-0.2, -0.15) is 0 Å². The standard InChI is InChI=1S/C18H32N/c1-4-5-6-7-8-9-10-11-12-18-13-15-19(16-14-18)17(2)3/h13-17H,4-12H2,1-3H3/q+1. The van der Waals surface area contributed by atoms with Crippen LogP contribution < -0.4 is 4.57 Å². The Morgan fingerprint density at radius 2 is 1.37 bits per heavy atom. The van der Waals surface area contributed by atoms with Gasteiger partial charge in [-0.25, -0.2) is 4.57 Å². The molecule has 0 atom stereocenters. The van der Waals surface area contributed by atoms with E-state index in [0.717, 1.165) is 0 Å². The summed E-state index contributed by atoms with van der Waals surface area (Å²) in [5, 5.41) is 0. The molecule has 0 aliphatic carbocycles. The van der Waals surface area contributed by atoms with Crippen molar-refractivity contribution in [3.63, 3.8) is 0 Å². The summed E-state index contributed by atoms with van der Waals surface area (Å²) in [5.41, 5.74) is 1.49. The van der Waals surface area contributed by atoms with Gasteiger partial charge in [-0.1, -0.05) is 51.9 Å². The van der Waals surface area contributed by atoms with Crippen molar-refractivity contribution in [2.45, 2.75) is 84.6 Å². The first-order chi connectivity index (χ1) is 9.24. The molecule has 0 bridgehead atoms. The zero-order valence-electron chi connectivity index (χ0n) is 13.2. The fraction of sp³-hybridized carbons (Fsp3) is 0.722. The van der Waals surface area contributed by atoms with Gasteiger partial charge in [-0.05, 0) is 32.3 Å². The third-order valence-electron chi connectivity index (χ3n) is 3.84. The summed E-state index contributed by atoms with van der Waals surface area (Å²) in [7, 11) is 0. The second-order valence-electron chi connectivity index (χ2n) is 5.97. The van der Waals surface area contributed by atoms with Gasteiger partial charge >= 0.3 is 0 Å². The molecule has 1 rings (SSSR count). The lowest BCUT2D eigenvalue weighted by atomic mass is 10.0. The lowest BCUT2D eigenvalue weighted by molar-refractivity contribution is -0.716. The lowest BCUT2D eigenvalue weighted by Crippen LogP contribution is -2.34. The topological polar surface area (TPSA) is 3.88 Å². The fourth-order valence-electron chi connectivity index (χ4n) is 2.44. The number of aromatic nitrogens is 1. The van der Waals surface area contributed by atoms with Gasteiger partial charge in [-0.3, -0.25) is 0 Å². The maximum atomic E-state index is 2.28. The third-order valence-corrected chi connectivity index (χ3v) is 3.84. The second-order valence-corrected chi connectivity index (χ2v) is 5.97. The molecule has 0 unspecified atom stereocenters. The first kappa shape index (κ1) is 16.2. The van der Waals surface area contributed by atoms with Crippen molar-refractivity contribution in [2.24, 2.45) is 0 Å². The van der Waals surface area contributed by atoms with Crippen molar-refractivity contribution >= 4 is 0 Å². The van der Waals surface area contributed by atoms with Crippen molar-refractivity contribution in [3.8, 4) is 0 Å². The fourth-order valence-corrected chi connectivity index (χ4v) is 2.44. The van der Waals surface area contributed by atoms with E-state index in [1.165, 1.54) is 63.4 Å². The van der Waals surface area contributed by atoms with Crippen LogP contribution in [-0.4, -0.2) is 0 Å². The van der Waals surface area contributed by atoms with Crippen LogP contribution in [0.5, 0.6) is 0 Å². The van der Waals surface area contributed by atoms with Gasteiger partial charge in [0.15, 0.2) is 18.4 Å². The Bertz CT molecular complexity index is 313. The second kappa shape index (κ2) is 10.00. The molecule has 1 nitrogen and oxygen atoms in total. The highest BCUT2D eigenvalue weighted by Gasteiger charge is 2.04. The predicted octanol–water partition coefficient (Wildman–Crippen LogP) is 5.24. The molecule has 0 aliphatic rings. The van der Waals surface area contributed by atoms with E-state index in [-0.39, 0.29) is 0 Å². The molecule has 108 valence electrons. The van der Waals surface area contributed by atoms with Crippen LogP contribution in [-0.2, 0) is 6.42 Å². The van der Waals surface area contributed by atoms with Crippen LogP contribution in [0.3, 0.4) is 0 Å². The molecule has 1 heteroatoms. The number of hydrogen-bond acceptors (Lipinski definition) is 0. The molecule has 1 aromatic heterocycles. The zero-order valence-corrected chi connectivity index (χ0v) is 13.2. The molecule has 0 radical (unpaired) electrons. The molecule has 0 saturated heterocycles. The van der Waals surface area contributed by atoms with Crippen LogP contribution in [0.2, 0.25) is 0 Å². The first-order valence-electron chi connectivity index (χ1n) is 8.23. The van der Waals surface area contributed by atoms with Crippen molar-refractivity contribution in [3.05, 3.63) is 30.1 Å². The highest BCUT2D eigenvalue weighted by molar-refractivity contribution is 5.07. The van der Waals surface area contributed by atoms with E-state index in [9.17, 15) is 0 Å². The van der Waals surface area contributed by atoms with Crippen LogP contribution in [0.25, 0.3) is 0 Å². The van der Waals surface area contributed by atoms with Crippen molar-refractivity contribution in [1.29, 1.82) is 0 Å². The number of nitrogens with zero attached hydrogens (tertiary/aromatic N) is 1. The van der Waals surface area contributed by atoms with Crippen molar-refractivity contribution in [2.75, 3.05) is 0 Å². The summed E-state index contributed by atoms with van der Waals surface area (Å²) in [6.07, 6.45) is 16.9. The minimum Gasteiger partial charge on any atom is -0.203 e. The predicted molar refractivity (Wildman–Crippen MR) is 83.3 cm³/mol. The molecule has 0 amide bonds. The third kappa shape index (κ3) is 7.34. The monoisotopic (exact) mass is 262 g/mol. The van der Waals surface area contributed by atoms with Gasteiger partial charge < -0.3 is 0 Å². The van der Waals surface area contributed by atoms with Gasteiger partial charge in [0, 0.05) is 12.1 Å². The van der Waals surface area contributed by atoms with Crippen LogP contribution in [0, 0.1) is 0 Å². The van der Waals surface area contributed by atoms with E-state index in [0.29, 0.717) is 6.04 Å². The van der Waals surface area contributed by atoms with Crippen LogP contribution in [0.4, 0.5) is 0 Å². The Morgan fingerprint density at radius 3 is 1.89 bits per heavy atom. The molecular formula is C18H32N+. The zero-order chi connectivity index (χ0) is 13.9. The Morgan fingerprint density at radius 1 is 0.842 bits per heavy atom. The van der Waals surface area contributed by atoms with E-state index < -0.39 is 0 Å². The largest absolute Gasteiger partial charge is 0.203 e. The Labute approximate surface area is 120 Å². The summed E-state index contributed by atoms with van der Waals surface area (Å²) in [5.74, 6) is 0. The van der Waals surface area contributed by atoms with Crippen molar-refractivity contribution in [1.82, 2.24) is 0 Å². The van der Waals surface area contributed by atoms with E-state index >= 15 is 0 Å². The molecule has 0 spiro atoms. The van der Waals surface area contributed by atoms with Gasteiger partial charge in [0.2, 0.25) is 0 Å². The molecule has 0 aromatic carbocycles. The van der Waals surface area contributed by atoms with E-state index in [1.54, 1.807) is 0 Å². The smallest absolute Gasteiger partial charge is 0.169 e. The summed E-state index contributed by atoms with van der Waals surface area (Å²) < 4.78 is 2.26. The average Bonchev–Trinajstić information content (AvgIpc) is 2.42. The number of unbranched alkanes of at least 4 members (excludes halogenated alkanes) is 7. The van der Waals surface area contributed by atoms with Gasteiger partial charge in [-0.15, -0.1) is 0 Å². The number of pyridine rings is 1. The molecular weight excluding hydrogens is 230 g/mol. The van der Waals surface area contributed by atoms with E-state index in [1.807, 2.05) is 0 Å². The molecule has 1 aromatic rings. The maximum absolute atomic E-state index is 2.28. The van der Waals surface area contributed by atoms with Gasteiger partial charge in [0.1, 0.15) is 0 Å². The quantitative estimate of drug-likeness (QED) is 0.401. The minimum atomic E-state index is 0.567. The first-order valence-corrected chi connectivity index (χ1v) is 8.23. The Hall–Kier alpha value is -0.850. The molecule has 0 aliphatic heterocycles. The minimum absolute atomic E-state index is 0.567. The van der Waals surface area contributed by atoms with Gasteiger partial charge in [0.05, 0.1) is 0 Å². The Balaban J connectivity index is 2.06. The number of aryl methyl sites for hydroxylation is 1. The highest BCUT2D eigenvalue weighted by atomic mass is 15.0. The van der Waals surface area contributed by atoms with Crippen LogP contribution in [0.1, 0.15) is 83.7 Å². The molecule has 0 N–H and O–H groups in total. The molecule has 0 fully saturated rings. The highest BCUT2D eigenvalue weighted by Crippen LogP contribution is 2.10. The van der Waals surface area contributed by atoms with Crippen LogP contribution in [0.15, 0.2) is 24.5 Å². The molecule has 0 saturated carbocycles. The van der Waals surface area contributed by atoms with Gasteiger partial charge in [0.25, 0.3) is 0 Å². The normalized spacial score (nSPS) is 11.2. The molecule has 1 heterocycles. The summed E-state index contributed by atoms with van der Waals surface area (Å²) >= 11 is 0. The van der Waals surface area contributed by atoms with E-state index in [4.69, 9.17) is 0 Å². The SMILES string of the molecule is CCCCCCCCCCc1cc[n+](C(C)C)cc1. The van der Waals surface area contributed by atoms with E-state index in [2.05, 4.69) is 49.9 Å². The van der Waals surface area contributed by atoms with Crippen molar-refractivity contribution < 1.29 is 4.57 Å². The maximum Gasteiger partial charge on any atom is 0.169 e. The summed E-state index contributed by atoms with van der Waals surface area (Å²) in [4.78, 5) is 0. The lowest BCUT2D eigenvalue weighted by Gasteiger charge is -2.03. The molecule has 19 heavy (non-hydrogen) atoms. The van der Waals surface area contributed by atoms with Crippen LogP contribution >= 0.6 is 0 Å². The summed E-state index contributed by atoms with van der Waals surface area (Å²) in [6.45, 7) is 6.72. The average molecular weight is 262 g/mol. The number of hydrogen-bond donors (Lipinski definition) is 0. The Kier molecular flexibility index (Phi) is 8.53. The summed E-state index contributed by atoms with van der Waals surface area (Å²) in [6, 6.07) is 5.12.